The van der Waals surface area contributed by atoms with Gasteiger partial charge in [0.1, 0.15) is 13.2 Å². The maximum atomic E-state index is 9.71. The van der Waals surface area contributed by atoms with Gasteiger partial charge in [0.2, 0.25) is 0 Å². The van der Waals surface area contributed by atoms with Crippen molar-refractivity contribution in [1.82, 2.24) is 0 Å². The summed E-state index contributed by atoms with van der Waals surface area (Å²) in [5.74, 6) is -3.73. The summed E-state index contributed by atoms with van der Waals surface area (Å²) < 4.78 is 4.26. The molecular weight excluding hydrogens is 256 g/mol. The van der Waals surface area contributed by atoms with Crippen LogP contribution in [0, 0.1) is 0 Å². The predicted molar refractivity (Wildman–Crippen MR) is 54.7 cm³/mol. The molecule has 0 spiro atoms. The Bertz CT molecular complexity index is 224. The number of ether oxygens (including phenoxy) is 1. The molecule has 1 unspecified atom stereocenters. The molecule has 0 amide bonds. The first-order chi connectivity index (χ1) is 8.22. The normalized spacial score (nSPS) is 10.0. The van der Waals surface area contributed by atoms with Crippen LogP contribution in [0.15, 0.2) is 0 Å². The summed E-state index contributed by atoms with van der Waals surface area (Å²) in [6.45, 7) is 0.250. The molecule has 0 aromatic carbocycles. The highest BCUT2D eigenvalue weighted by Gasteiger charge is 2.10. The fraction of sp³-hybridized carbons (Fsp3) is 0.625. The molecule has 0 aromatic rings. The van der Waals surface area contributed by atoms with Gasteiger partial charge in [-0.1, -0.05) is 0 Å². The first-order valence-corrected chi connectivity index (χ1v) is 4.40. The van der Waals surface area contributed by atoms with Crippen LogP contribution in [0.2, 0.25) is 0 Å². The zero-order valence-corrected chi connectivity index (χ0v) is 9.51. The second kappa shape index (κ2) is 15.2. The predicted octanol–water partition coefficient (Wildman–Crippen LogP) is -2.45. The number of aliphatic hydroxyl groups excluding tert-OH is 3. The molecule has 0 saturated heterocycles. The van der Waals surface area contributed by atoms with Gasteiger partial charge in [-0.25, -0.2) is 14.4 Å². The summed E-state index contributed by atoms with van der Waals surface area (Å²) in [5, 5.41) is 46.3. The quantitative estimate of drug-likeness (QED) is 0.294. The molecule has 0 bridgehead atoms. The highest BCUT2D eigenvalue weighted by Crippen LogP contribution is 1.83. The number of carboxylic acids is 3. The lowest BCUT2D eigenvalue weighted by Crippen LogP contribution is -2.22. The van der Waals surface area contributed by atoms with E-state index in [1.807, 2.05) is 0 Å². The molecule has 0 radical (unpaired) electrons. The number of carboxylic acid groups (broad SMARTS) is 3. The van der Waals surface area contributed by atoms with Gasteiger partial charge in [0.15, 0.2) is 0 Å². The molecule has 1 atom stereocenters. The van der Waals surface area contributed by atoms with Crippen molar-refractivity contribution < 1.29 is 49.8 Å². The first kappa shape index (κ1) is 21.5. The minimum Gasteiger partial charge on any atom is -0.480 e. The van der Waals surface area contributed by atoms with Crippen LogP contribution < -0.4 is 0 Å². The summed E-state index contributed by atoms with van der Waals surface area (Å²) in [6.07, 6.45) is -1.67. The Labute approximate surface area is 102 Å². The van der Waals surface area contributed by atoms with E-state index in [-0.39, 0.29) is 6.61 Å². The highest BCUT2D eigenvalue weighted by molar-refractivity contribution is 5.70. The Morgan fingerprint density at radius 1 is 1.00 bits per heavy atom. The summed E-state index contributed by atoms with van der Waals surface area (Å²) in [7, 11) is 0. The van der Waals surface area contributed by atoms with Crippen LogP contribution in [-0.4, -0.2) is 74.7 Å². The van der Waals surface area contributed by atoms with Gasteiger partial charge < -0.3 is 35.4 Å². The number of aliphatic carboxylic acids is 3. The van der Waals surface area contributed by atoms with Crippen LogP contribution in [0.25, 0.3) is 0 Å². The maximum absolute atomic E-state index is 9.71. The molecule has 0 aromatic heterocycles. The average Bonchev–Trinajstić information content (AvgIpc) is 2.30. The van der Waals surface area contributed by atoms with E-state index in [0.29, 0.717) is 0 Å². The minimum atomic E-state index is -1.67. The molecule has 10 heteroatoms. The summed E-state index contributed by atoms with van der Waals surface area (Å²) in [4.78, 5) is 28.0. The fourth-order valence-corrected chi connectivity index (χ4v) is 0.229. The standard InChI is InChI=1S/C4H8O4.2C2H4O3/c1-2-8-4(7)3(5)6;2*3-1-2(4)5/h4,7H,2H2,1H3,(H,5,6);2*3H,1H2,(H,4,5). The molecule has 0 aliphatic rings. The van der Waals surface area contributed by atoms with Crippen molar-refractivity contribution >= 4 is 17.9 Å². The van der Waals surface area contributed by atoms with E-state index in [0.717, 1.165) is 0 Å². The van der Waals surface area contributed by atoms with Crippen LogP contribution in [0.5, 0.6) is 0 Å². The summed E-state index contributed by atoms with van der Waals surface area (Å²) >= 11 is 0. The van der Waals surface area contributed by atoms with Crippen molar-refractivity contribution in [2.45, 2.75) is 13.2 Å². The van der Waals surface area contributed by atoms with E-state index >= 15 is 0 Å². The van der Waals surface area contributed by atoms with Gasteiger partial charge in [0.05, 0.1) is 0 Å². The third kappa shape index (κ3) is 29.2. The van der Waals surface area contributed by atoms with Gasteiger partial charge in [-0.3, -0.25) is 0 Å². The third-order valence-electron chi connectivity index (χ3n) is 0.806. The average molecular weight is 272 g/mol. The molecule has 0 aliphatic carbocycles. The van der Waals surface area contributed by atoms with Crippen molar-refractivity contribution in [2.75, 3.05) is 19.8 Å². The Morgan fingerprint density at radius 2 is 1.28 bits per heavy atom. The van der Waals surface area contributed by atoms with Crippen molar-refractivity contribution in [1.29, 1.82) is 0 Å². The van der Waals surface area contributed by atoms with Crippen LogP contribution in [0.4, 0.5) is 0 Å². The van der Waals surface area contributed by atoms with Crippen molar-refractivity contribution in [3.63, 3.8) is 0 Å². The van der Waals surface area contributed by atoms with E-state index in [1.165, 1.54) is 0 Å². The zero-order valence-electron chi connectivity index (χ0n) is 9.51. The lowest BCUT2D eigenvalue weighted by atomic mass is 10.6. The molecule has 0 saturated carbocycles. The fourth-order valence-electron chi connectivity index (χ4n) is 0.229. The molecule has 6 N–H and O–H groups in total. The second-order valence-electron chi connectivity index (χ2n) is 2.25. The van der Waals surface area contributed by atoms with Gasteiger partial charge in [-0.2, -0.15) is 0 Å². The Kier molecular flexibility index (Phi) is 18.2. The number of carbonyl (C=O) groups is 3. The molecule has 0 fully saturated rings. The lowest BCUT2D eigenvalue weighted by molar-refractivity contribution is -0.175. The Balaban J connectivity index is -0.000000197. The van der Waals surface area contributed by atoms with Gasteiger partial charge in [0.25, 0.3) is 6.29 Å². The van der Waals surface area contributed by atoms with Crippen LogP contribution in [-0.2, 0) is 19.1 Å². The second-order valence-corrected chi connectivity index (χ2v) is 2.25. The molecule has 0 rings (SSSR count). The molecule has 18 heavy (non-hydrogen) atoms. The largest absolute Gasteiger partial charge is 0.480 e. The van der Waals surface area contributed by atoms with Crippen molar-refractivity contribution in [3.8, 4) is 0 Å². The van der Waals surface area contributed by atoms with E-state index in [4.69, 9.17) is 40.2 Å². The topological polar surface area (TPSA) is 182 Å². The van der Waals surface area contributed by atoms with Crippen LogP contribution in [0.1, 0.15) is 6.92 Å². The molecule has 0 aliphatic heterocycles. The van der Waals surface area contributed by atoms with E-state index in [9.17, 15) is 4.79 Å². The SMILES string of the molecule is CCOC(O)C(=O)O.O=C(O)CO.O=C(O)CO. The number of rotatable bonds is 5. The maximum Gasteiger partial charge on any atom is 0.360 e. The smallest absolute Gasteiger partial charge is 0.360 e. The minimum absolute atomic E-state index is 0.202. The summed E-state index contributed by atoms with van der Waals surface area (Å²) in [5.41, 5.74) is 0. The van der Waals surface area contributed by atoms with Crippen molar-refractivity contribution in [2.24, 2.45) is 0 Å². The summed E-state index contributed by atoms with van der Waals surface area (Å²) in [6, 6.07) is 0. The molecule has 10 nitrogen and oxygen atoms in total. The zero-order chi connectivity index (χ0) is 15.1. The third-order valence-corrected chi connectivity index (χ3v) is 0.806. The van der Waals surface area contributed by atoms with Gasteiger partial charge in [0, 0.05) is 6.61 Å². The Hall–Kier alpha value is -1.75. The van der Waals surface area contributed by atoms with E-state index in [1.54, 1.807) is 6.92 Å². The molecule has 0 heterocycles. The van der Waals surface area contributed by atoms with E-state index in [2.05, 4.69) is 4.74 Å². The number of aliphatic hydroxyl groups is 3. The highest BCUT2D eigenvalue weighted by atomic mass is 16.6. The monoisotopic (exact) mass is 272 g/mol. The molecule has 108 valence electrons. The van der Waals surface area contributed by atoms with Gasteiger partial charge in [-0.05, 0) is 6.92 Å². The van der Waals surface area contributed by atoms with Gasteiger partial charge in [-0.15, -0.1) is 0 Å². The van der Waals surface area contributed by atoms with Crippen molar-refractivity contribution in [3.05, 3.63) is 0 Å². The van der Waals surface area contributed by atoms with Crippen LogP contribution in [0.3, 0.4) is 0 Å². The molecular formula is C8H16O10. The lowest BCUT2D eigenvalue weighted by Gasteiger charge is -2.01. The van der Waals surface area contributed by atoms with Crippen LogP contribution >= 0.6 is 0 Å². The number of hydrogen-bond acceptors (Lipinski definition) is 7. The first-order valence-electron chi connectivity index (χ1n) is 4.40. The Morgan fingerprint density at radius 3 is 1.33 bits per heavy atom. The van der Waals surface area contributed by atoms with Gasteiger partial charge >= 0.3 is 17.9 Å². The van der Waals surface area contributed by atoms with E-state index < -0.39 is 37.4 Å². The number of hydrogen-bond donors (Lipinski definition) is 6.